The maximum absolute atomic E-state index is 11.8. The van der Waals surface area contributed by atoms with Gasteiger partial charge in [-0.1, -0.05) is 13.8 Å². The van der Waals surface area contributed by atoms with E-state index in [1.54, 1.807) is 0 Å². The predicted octanol–water partition coefficient (Wildman–Crippen LogP) is 1.03. The minimum Gasteiger partial charge on any atom is -0.397 e. The van der Waals surface area contributed by atoms with Crippen molar-refractivity contribution in [1.82, 2.24) is 5.32 Å². The lowest BCUT2D eigenvalue weighted by atomic mass is 9.93. The molecule has 1 aliphatic rings. The minimum atomic E-state index is -0.589. The number of nitrogens with two attached hydrogens (primary N) is 2. The number of rotatable bonds is 3. The fraction of sp³-hybridized carbons (Fsp3) is 0.538. The molecule has 1 aromatic heterocycles. The first-order chi connectivity index (χ1) is 9.26. The van der Waals surface area contributed by atoms with Gasteiger partial charge in [-0.3, -0.25) is 9.59 Å². The van der Waals surface area contributed by atoms with Gasteiger partial charge in [0.15, 0.2) is 0 Å². The summed E-state index contributed by atoms with van der Waals surface area (Å²) in [5, 5.41) is 3.24. The van der Waals surface area contributed by atoms with E-state index in [9.17, 15) is 9.59 Å². The summed E-state index contributed by atoms with van der Waals surface area (Å²) in [6.07, 6.45) is 1.03. The first kappa shape index (κ1) is 14.6. The molecule has 0 aliphatic carbocycles. The highest BCUT2D eigenvalue weighted by atomic mass is 32.1. The average molecular weight is 296 g/mol. The van der Waals surface area contributed by atoms with Gasteiger partial charge in [-0.05, 0) is 11.8 Å². The molecule has 2 heterocycles. The number of primary amides is 1. The molecule has 2 rings (SSSR count). The molecular weight excluding hydrogens is 276 g/mol. The number of nitrogens with zero attached hydrogens (tertiary/aromatic N) is 1. The molecule has 0 radical (unpaired) electrons. The van der Waals surface area contributed by atoms with Crippen LogP contribution in [0.25, 0.3) is 0 Å². The summed E-state index contributed by atoms with van der Waals surface area (Å²) in [6.45, 7) is 6.00. The molecule has 0 unspecified atom stereocenters. The van der Waals surface area contributed by atoms with Crippen molar-refractivity contribution in [1.29, 1.82) is 0 Å². The Morgan fingerprint density at radius 3 is 2.50 bits per heavy atom. The predicted molar refractivity (Wildman–Crippen MR) is 81.3 cm³/mol. The van der Waals surface area contributed by atoms with Crippen molar-refractivity contribution in [2.24, 2.45) is 11.1 Å². The third kappa shape index (κ3) is 2.45. The van der Waals surface area contributed by atoms with Gasteiger partial charge in [0.05, 0.1) is 11.3 Å². The van der Waals surface area contributed by atoms with E-state index in [2.05, 4.69) is 24.1 Å². The highest BCUT2D eigenvalue weighted by molar-refractivity contribution is 7.19. The Bertz CT molecular complexity index is 565. The average Bonchev–Trinajstić information content (AvgIpc) is 2.88. The van der Waals surface area contributed by atoms with E-state index in [1.807, 2.05) is 0 Å². The van der Waals surface area contributed by atoms with Gasteiger partial charge in [-0.15, -0.1) is 11.3 Å². The number of amides is 2. The molecule has 1 saturated heterocycles. The van der Waals surface area contributed by atoms with Crippen molar-refractivity contribution in [3.8, 4) is 0 Å². The Morgan fingerprint density at radius 2 is 2.05 bits per heavy atom. The zero-order valence-electron chi connectivity index (χ0n) is 11.9. The normalized spacial score (nSPS) is 17.2. The monoisotopic (exact) mass is 296 g/mol. The van der Waals surface area contributed by atoms with Gasteiger partial charge in [0, 0.05) is 20.1 Å². The number of thiophene rings is 1. The van der Waals surface area contributed by atoms with Crippen LogP contribution in [0, 0.1) is 5.41 Å². The van der Waals surface area contributed by atoms with Gasteiger partial charge < -0.3 is 21.7 Å². The summed E-state index contributed by atoms with van der Waals surface area (Å²) in [7, 11) is 1.53. The molecular formula is C13H20N4O2S. The van der Waals surface area contributed by atoms with E-state index in [1.165, 1.54) is 18.4 Å². The molecule has 1 aromatic rings. The van der Waals surface area contributed by atoms with Crippen LogP contribution in [0.4, 0.5) is 10.7 Å². The lowest BCUT2D eigenvalue weighted by Crippen LogP contribution is -2.25. The summed E-state index contributed by atoms with van der Waals surface area (Å²) in [5.41, 5.74) is 12.0. The van der Waals surface area contributed by atoms with E-state index in [-0.39, 0.29) is 22.6 Å². The Hall–Kier alpha value is -1.76. The van der Waals surface area contributed by atoms with Crippen LogP contribution >= 0.6 is 11.3 Å². The molecule has 110 valence electrons. The topological polar surface area (TPSA) is 101 Å². The van der Waals surface area contributed by atoms with Crippen molar-refractivity contribution in [2.75, 3.05) is 30.8 Å². The first-order valence-corrected chi connectivity index (χ1v) is 7.27. The second-order valence-electron chi connectivity index (χ2n) is 5.80. The summed E-state index contributed by atoms with van der Waals surface area (Å²) in [6, 6.07) is 0. The largest absolute Gasteiger partial charge is 0.397 e. The van der Waals surface area contributed by atoms with E-state index < -0.39 is 5.91 Å². The molecule has 20 heavy (non-hydrogen) atoms. The lowest BCUT2D eigenvalue weighted by Gasteiger charge is -2.20. The van der Waals surface area contributed by atoms with Crippen LogP contribution in [-0.2, 0) is 0 Å². The second-order valence-corrected chi connectivity index (χ2v) is 6.80. The second kappa shape index (κ2) is 4.97. The van der Waals surface area contributed by atoms with Crippen molar-refractivity contribution in [2.45, 2.75) is 20.3 Å². The number of hydrogen-bond donors (Lipinski definition) is 3. The zero-order chi connectivity index (χ0) is 15.1. The number of nitrogen functional groups attached to an aromatic ring is 1. The van der Waals surface area contributed by atoms with Gasteiger partial charge >= 0.3 is 0 Å². The van der Waals surface area contributed by atoms with Crippen LogP contribution in [-0.4, -0.2) is 32.0 Å². The first-order valence-electron chi connectivity index (χ1n) is 6.46. The molecule has 0 saturated carbocycles. The van der Waals surface area contributed by atoms with Crippen LogP contribution in [0.15, 0.2) is 0 Å². The molecule has 7 heteroatoms. The van der Waals surface area contributed by atoms with Gasteiger partial charge in [0.2, 0.25) is 0 Å². The maximum Gasteiger partial charge on any atom is 0.263 e. The number of hydrogen-bond acceptors (Lipinski definition) is 5. The van der Waals surface area contributed by atoms with Crippen LogP contribution in [0.2, 0.25) is 0 Å². The highest BCUT2D eigenvalue weighted by Crippen LogP contribution is 2.42. The van der Waals surface area contributed by atoms with Gasteiger partial charge in [-0.2, -0.15) is 0 Å². The van der Waals surface area contributed by atoms with E-state index in [0.29, 0.717) is 9.88 Å². The molecule has 0 aromatic carbocycles. The summed E-state index contributed by atoms with van der Waals surface area (Å²) >= 11 is 1.23. The van der Waals surface area contributed by atoms with Crippen LogP contribution in [0.5, 0.6) is 0 Å². The van der Waals surface area contributed by atoms with Crippen molar-refractivity contribution < 1.29 is 9.59 Å². The molecule has 2 amide bonds. The fourth-order valence-electron chi connectivity index (χ4n) is 2.46. The molecule has 0 spiro atoms. The molecule has 1 aliphatic heterocycles. The summed E-state index contributed by atoms with van der Waals surface area (Å²) < 4.78 is 0. The van der Waals surface area contributed by atoms with E-state index >= 15 is 0 Å². The Kier molecular flexibility index (Phi) is 3.64. The van der Waals surface area contributed by atoms with Gasteiger partial charge in [-0.25, -0.2) is 0 Å². The Balaban J connectivity index is 2.47. The van der Waals surface area contributed by atoms with E-state index in [0.717, 1.165) is 19.5 Å². The number of carbonyl (C=O) groups is 2. The molecule has 5 N–H and O–H groups in total. The SMILES string of the molecule is CNC(=O)c1sc(N2CCC(C)(C)C2)c(C(N)=O)c1N. The minimum absolute atomic E-state index is 0.181. The van der Waals surface area contributed by atoms with Crippen LogP contribution < -0.4 is 21.7 Å². The third-order valence-corrected chi connectivity index (χ3v) is 4.84. The smallest absolute Gasteiger partial charge is 0.263 e. The summed E-state index contributed by atoms with van der Waals surface area (Å²) in [5.74, 6) is -0.881. The van der Waals surface area contributed by atoms with Crippen LogP contribution in [0.1, 0.15) is 40.3 Å². The summed E-state index contributed by atoms with van der Waals surface area (Å²) in [4.78, 5) is 25.9. The third-order valence-electron chi connectivity index (χ3n) is 3.57. The molecule has 6 nitrogen and oxygen atoms in total. The van der Waals surface area contributed by atoms with Crippen molar-refractivity contribution in [3.05, 3.63) is 10.4 Å². The Labute approximate surface area is 122 Å². The maximum atomic E-state index is 11.8. The fourth-order valence-corrected chi connectivity index (χ4v) is 3.66. The number of nitrogens with one attached hydrogen (secondary N) is 1. The quantitative estimate of drug-likeness (QED) is 0.775. The number of anilines is 2. The zero-order valence-corrected chi connectivity index (χ0v) is 12.8. The van der Waals surface area contributed by atoms with Crippen LogP contribution in [0.3, 0.4) is 0 Å². The van der Waals surface area contributed by atoms with Gasteiger partial charge in [0.25, 0.3) is 11.8 Å². The number of carbonyl (C=O) groups excluding carboxylic acids is 2. The Morgan fingerprint density at radius 1 is 1.40 bits per heavy atom. The van der Waals surface area contributed by atoms with Crippen molar-refractivity contribution >= 4 is 33.8 Å². The molecule has 0 bridgehead atoms. The van der Waals surface area contributed by atoms with E-state index in [4.69, 9.17) is 11.5 Å². The standard InChI is InChI=1S/C13H20N4O2S/c1-13(2)4-5-17(6-13)12-7(10(15)18)8(14)9(20-12)11(19)16-3/h4-6,14H2,1-3H3,(H2,15,18)(H,16,19). The lowest BCUT2D eigenvalue weighted by molar-refractivity contribution is 0.0967. The molecule has 1 fully saturated rings. The highest BCUT2D eigenvalue weighted by Gasteiger charge is 2.34. The molecule has 0 atom stereocenters. The van der Waals surface area contributed by atoms with Gasteiger partial charge in [0.1, 0.15) is 9.88 Å². The van der Waals surface area contributed by atoms with Crippen molar-refractivity contribution in [3.63, 3.8) is 0 Å².